The van der Waals surface area contributed by atoms with E-state index in [0.717, 1.165) is 31.5 Å². The Balaban J connectivity index is 1.36. The van der Waals surface area contributed by atoms with Gasteiger partial charge in [-0.05, 0) is 38.0 Å². The van der Waals surface area contributed by atoms with Crippen LogP contribution in [0.5, 0.6) is 11.5 Å². The van der Waals surface area contributed by atoms with Crippen molar-refractivity contribution in [3.8, 4) is 11.5 Å². The summed E-state index contributed by atoms with van der Waals surface area (Å²) in [5, 5.41) is 2.96. The van der Waals surface area contributed by atoms with E-state index in [1.165, 1.54) is 0 Å². The maximum absolute atomic E-state index is 12.9. The molecule has 1 aromatic heterocycles. The third-order valence-electron chi connectivity index (χ3n) is 5.97. The van der Waals surface area contributed by atoms with E-state index in [4.69, 9.17) is 9.47 Å². The highest BCUT2D eigenvalue weighted by Crippen LogP contribution is 2.32. The van der Waals surface area contributed by atoms with Crippen molar-refractivity contribution in [2.45, 2.75) is 45.3 Å². The van der Waals surface area contributed by atoms with Crippen molar-refractivity contribution in [3.63, 3.8) is 0 Å². The van der Waals surface area contributed by atoms with Crippen LogP contribution in [-0.4, -0.2) is 59.1 Å². The summed E-state index contributed by atoms with van der Waals surface area (Å²) in [4.78, 5) is 31.3. The van der Waals surface area contributed by atoms with Crippen molar-refractivity contribution < 1.29 is 19.1 Å². The predicted molar refractivity (Wildman–Crippen MR) is 115 cm³/mol. The number of carbonyl (C=O) groups excluding carboxylic acids is 2. The average Bonchev–Trinajstić information content (AvgIpc) is 3.56. The van der Waals surface area contributed by atoms with Crippen LogP contribution in [0.3, 0.4) is 0 Å². The molecule has 2 heterocycles. The lowest BCUT2D eigenvalue weighted by molar-refractivity contribution is -0.134. The van der Waals surface area contributed by atoms with Crippen LogP contribution in [0, 0.1) is 12.8 Å². The van der Waals surface area contributed by atoms with Crippen molar-refractivity contribution in [2.24, 2.45) is 5.92 Å². The minimum Gasteiger partial charge on any atom is -0.497 e. The molecule has 1 saturated carbocycles. The Morgan fingerprint density at radius 2 is 1.97 bits per heavy atom. The van der Waals surface area contributed by atoms with E-state index in [0.29, 0.717) is 43.2 Å². The van der Waals surface area contributed by atoms with Crippen LogP contribution < -0.4 is 14.8 Å². The molecule has 2 aromatic rings. The number of carbonyl (C=O) groups is 2. The zero-order chi connectivity index (χ0) is 21.8. The van der Waals surface area contributed by atoms with Crippen molar-refractivity contribution in [1.29, 1.82) is 0 Å². The fourth-order valence-electron chi connectivity index (χ4n) is 3.90. The van der Waals surface area contributed by atoms with Gasteiger partial charge in [-0.2, -0.15) is 0 Å². The second kappa shape index (κ2) is 9.41. The van der Waals surface area contributed by atoms with Crippen LogP contribution in [0.25, 0.3) is 0 Å². The zero-order valence-electron chi connectivity index (χ0n) is 18.2. The number of nitrogens with one attached hydrogen (secondary N) is 1. The average molecular weight is 427 g/mol. The van der Waals surface area contributed by atoms with E-state index >= 15 is 0 Å². The summed E-state index contributed by atoms with van der Waals surface area (Å²) in [5.74, 6) is 2.40. The van der Waals surface area contributed by atoms with E-state index in [9.17, 15) is 9.59 Å². The summed E-state index contributed by atoms with van der Waals surface area (Å²) in [5.41, 5.74) is 0.457. The Kier molecular flexibility index (Phi) is 6.44. The second-order valence-electron chi connectivity index (χ2n) is 8.20. The summed E-state index contributed by atoms with van der Waals surface area (Å²) in [6.07, 6.45) is 7.21. The Morgan fingerprint density at radius 3 is 2.61 bits per heavy atom. The molecule has 1 N–H and O–H groups in total. The molecule has 8 nitrogen and oxygen atoms in total. The van der Waals surface area contributed by atoms with Gasteiger partial charge < -0.3 is 24.3 Å². The first kappa shape index (κ1) is 21.2. The van der Waals surface area contributed by atoms with Gasteiger partial charge >= 0.3 is 0 Å². The molecule has 8 heteroatoms. The summed E-state index contributed by atoms with van der Waals surface area (Å²) >= 11 is 0. The number of hydrogen-bond acceptors (Lipinski definition) is 5. The Bertz CT molecular complexity index is 929. The largest absolute Gasteiger partial charge is 0.497 e. The molecule has 0 atom stereocenters. The first-order valence-electron chi connectivity index (χ1n) is 10.9. The molecule has 0 unspecified atom stereocenters. The number of likely N-dealkylation sites (tertiary alicyclic amines) is 1. The van der Waals surface area contributed by atoms with Gasteiger partial charge in [0.05, 0.1) is 12.7 Å². The van der Waals surface area contributed by atoms with Crippen molar-refractivity contribution in [2.75, 3.05) is 26.7 Å². The number of benzene rings is 1. The minimum absolute atomic E-state index is 0.0169. The summed E-state index contributed by atoms with van der Waals surface area (Å²) < 4.78 is 13.5. The van der Waals surface area contributed by atoms with E-state index in [1.807, 2.05) is 22.6 Å². The van der Waals surface area contributed by atoms with Crippen LogP contribution >= 0.6 is 0 Å². The molecule has 2 fully saturated rings. The normalized spacial score (nSPS) is 16.8. The van der Waals surface area contributed by atoms with Gasteiger partial charge in [0.2, 0.25) is 5.91 Å². The van der Waals surface area contributed by atoms with Crippen LogP contribution in [-0.2, 0) is 11.3 Å². The van der Waals surface area contributed by atoms with Gasteiger partial charge in [0, 0.05) is 57.3 Å². The SMILES string of the molecule is COc1ccc(OC2CCN(C(=O)C3CC3)CC2)c(C(=O)NCCn2ccnc2C)c1. The molecule has 2 amide bonds. The molecule has 1 aliphatic carbocycles. The smallest absolute Gasteiger partial charge is 0.255 e. The maximum Gasteiger partial charge on any atom is 0.255 e. The molecule has 1 saturated heterocycles. The van der Waals surface area contributed by atoms with E-state index in [-0.39, 0.29) is 23.8 Å². The molecule has 1 aromatic carbocycles. The molecular weight excluding hydrogens is 396 g/mol. The quantitative estimate of drug-likeness (QED) is 0.701. The topological polar surface area (TPSA) is 85.7 Å². The predicted octanol–water partition coefficient (Wildman–Crippen LogP) is 2.41. The van der Waals surface area contributed by atoms with E-state index in [2.05, 4.69) is 10.3 Å². The zero-order valence-corrected chi connectivity index (χ0v) is 18.2. The molecule has 0 bridgehead atoms. The number of imidazole rings is 1. The molecule has 31 heavy (non-hydrogen) atoms. The summed E-state index contributed by atoms with van der Waals surface area (Å²) in [6.45, 7) is 4.47. The summed E-state index contributed by atoms with van der Waals surface area (Å²) in [6, 6.07) is 5.29. The maximum atomic E-state index is 12.9. The van der Waals surface area contributed by atoms with Crippen molar-refractivity contribution >= 4 is 11.8 Å². The van der Waals surface area contributed by atoms with Gasteiger partial charge in [0.1, 0.15) is 23.4 Å². The Morgan fingerprint density at radius 1 is 1.19 bits per heavy atom. The standard InChI is InChI=1S/C23H30N4O4/c1-16-24-9-13-26(16)14-10-25-22(28)20-15-19(30-2)5-6-21(20)31-18-7-11-27(12-8-18)23(29)17-3-4-17/h5-6,9,13,15,17-18H,3-4,7-8,10-12,14H2,1-2H3,(H,25,28). The lowest BCUT2D eigenvalue weighted by atomic mass is 10.1. The monoisotopic (exact) mass is 426 g/mol. The van der Waals surface area contributed by atoms with Gasteiger partial charge in [-0.3, -0.25) is 9.59 Å². The van der Waals surface area contributed by atoms with Gasteiger partial charge in [-0.1, -0.05) is 0 Å². The van der Waals surface area contributed by atoms with E-state index in [1.54, 1.807) is 31.5 Å². The van der Waals surface area contributed by atoms with Gasteiger partial charge in [-0.25, -0.2) is 4.98 Å². The highest BCUT2D eigenvalue weighted by molar-refractivity contribution is 5.97. The molecule has 0 radical (unpaired) electrons. The second-order valence-corrected chi connectivity index (χ2v) is 8.20. The van der Waals surface area contributed by atoms with Crippen molar-refractivity contribution in [3.05, 3.63) is 42.0 Å². The lowest BCUT2D eigenvalue weighted by Crippen LogP contribution is -2.42. The number of methoxy groups -OCH3 is 1. The van der Waals surface area contributed by atoms with E-state index < -0.39 is 0 Å². The number of rotatable bonds is 8. The Hall–Kier alpha value is -3.03. The third-order valence-corrected chi connectivity index (χ3v) is 5.97. The number of ether oxygens (including phenoxy) is 2. The van der Waals surface area contributed by atoms with Gasteiger partial charge in [0.15, 0.2) is 0 Å². The van der Waals surface area contributed by atoms with Crippen molar-refractivity contribution in [1.82, 2.24) is 19.8 Å². The number of aromatic nitrogens is 2. The summed E-state index contributed by atoms with van der Waals surface area (Å²) in [7, 11) is 1.58. The number of hydrogen-bond donors (Lipinski definition) is 1. The molecule has 1 aliphatic heterocycles. The molecule has 2 aliphatic rings. The molecule has 0 spiro atoms. The van der Waals surface area contributed by atoms with Crippen LogP contribution in [0.2, 0.25) is 0 Å². The number of piperidine rings is 1. The van der Waals surface area contributed by atoms with Gasteiger partial charge in [0.25, 0.3) is 5.91 Å². The van der Waals surface area contributed by atoms with Crippen LogP contribution in [0.4, 0.5) is 0 Å². The number of aryl methyl sites for hydroxylation is 1. The number of nitrogens with zero attached hydrogens (tertiary/aromatic N) is 3. The lowest BCUT2D eigenvalue weighted by Gasteiger charge is -2.32. The van der Waals surface area contributed by atoms with Crippen LogP contribution in [0.1, 0.15) is 41.9 Å². The highest BCUT2D eigenvalue weighted by atomic mass is 16.5. The van der Waals surface area contributed by atoms with Crippen LogP contribution in [0.15, 0.2) is 30.6 Å². The third kappa shape index (κ3) is 5.18. The molecule has 166 valence electrons. The highest BCUT2D eigenvalue weighted by Gasteiger charge is 2.35. The van der Waals surface area contributed by atoms with Gasteiger partial charge in [-0.15, -0.1) is 0 Å². The fraction of sp³-hybridized carbons (Fsp3) is 0.522. The first-order chi connectivity index (χ1) is 15.0. The number of amides is 2. The Labute approximate surface area is 182 Å². The fourth-order valence-corrected chi connectivity index (χ4v) is 3.90. The molecule has 4 rings (SSSR count). The molecular formula is C23H30N4O4. The first-order valence-corrected chi connectivity index (χ1v) is 10.9. The minimum atomic E-state index is -0.201.